The molecule has 2 spiro atoms. The second kappa shape index (κ2) is 5.92. The molecule has 138 valence electrons. The lowest BCUT2D eigenvalue weighted by Crippen LogP contribution is -2.53. The molecule has 25 heavy (non-hydrogen) atoms. The molecule has 7 atom stereocenters. The summed E-state index contributed by atoms with van der Waals surface area (Å²) in [7, 11) is 0. The first kappa shape index (κ1) is 16.5. The van der Waals surface area contributed by atoms with E-state index in [4.69, 9.17) is 24.2 Å². The van der Waals surface area contributed by atoms with Gasteiger partial charge in [0.2, 0.25) is 0 Å². The highest BCUT2D eigenvalue weighted by Gasteiger charge is 2.65. The minimum atomic E-state index is -0.350. The van der Waals surface area contributed by atoms with Crippen LogP contribution in [-0.4, -0.2) is 41.9 Å². The Balaban J connectivity index is 1.33. The van der Waals surface area contributed by atoms with Crippen molar-refractivity contribution < 1.29 is 18.9 Å². The highest BCUT2D eigenvalue weighted by Crippen LogP contribution is 2.55. The van der Waals surface area contributed by atoms with E-state index in [-0.39, 0.29) is 47.8 Å². The number of hydrogen-bond donors (Lipinski definition) is 0. The van der Waals surface area contributed by atoms with Crippen LogP contribution in [-0.2, 0) is 18.9 Å². The Morgan fingerprint density at radius 3 is 2.64 bits per heavy atom. The molecular formula is C20H29NO4. The van der Waals surface area contributed by atoms with Gasteiger partial charge in [0.25, 0.3) is 0 Å². The van der Waals surface area contributed by atoms with Crippen molar-refractivity contribution in [2.24, 2.45) is 5.92 Å². The fraction of sp³-hybridized carbons (Fsp3) is 0.950. The third-order valence-corrected chi connectivity index (χ3v) is 7.07. The minimum absolute atomic E-state index is 0.0454. The average Bonchev–Trinajstić information content (AvgIpc) is 3.11. The molecule has 2 aliphatic carbocycles. The lowest BCUT2D eigenvalue weighted by atomic mass is 9.76. The van der Waals surface area contributed by atoms with Gasteiger partial charge in [0.1, 0.15) is 6.10 Å². The van der Waals surface area contributed by atoms with E-state index in [9.17, 15) is 0 Å². The first-order valence-electron chi connectivity index (χ1n) is 10.2. The summed E-state index contributed by atoms with van der Waals surface area (Å²) in [6.45, 7) is 1.98. The van der Waals surface area contributed by atoms with Gasteiger partial charge in [-0.1, -0.05) is 6.42 Å². The summed E-state index contributed by atoms with van der Waals surface area (Å²) in [6, 6.07) is 2.35. The molecule has 0 aromatic carbocycles. The van der Waals surface area contributed by atoms with Crippen LogP contribution in [0.3, 0.4) is 0 Å². The molecule has 2 saturated carbocycles. The maximum absolute atomic E-state index is 9.12. The van der Waals surface area contributed by atoms with Crippen LogP contribution in [0.4, 0.5) is 0 Å². The van der Waals surface area contributed by atoms with Gasteiger partial charge in [0.15, 0.2) is 5.79 Å². The SMILES string of the molecule is CC(C#N)C[C@H]1CC[C@@H]2O[C@@H]3CC2(C[C@H]2OC4(CCCCC4)O[C@@H]32)O1. The summed E-state index contributed by atoms with van der Waals surface area (Å²) < 4.78 is 26.0. The quantitative estimate of drug-likeness (QED) is 0.765. The van der Waals surface area contributed by atoms with Crippen LogP contribution >= 0.6 is 0 Å². The highest BCUT2D eigenvalue weighted by molar-refractivity contribution is 5.12. The van der Waals surface area contributed by atoms with Gasteiger partial charge in [-0.15, -0.1) is 0 Å². The second-order valence-corrected chi connectivity index (χ2v) is 8.93. The second-order valence-electron chi connectivity index (χ2n) is 8.93. The van der Waals surface area contributed by atoms with Crippen LogP contribution in [0.2, 0.25) is 0 Å². The van der Waals surface area contributed by atoms with E-state index in [1.165, 1.54) is 19.3 Å². The summed E-state index contributed by atoms with van der Waals surface area (Å²) in [5.41, 5.74) is -0.215. The molecule has 0 amide bonds. The summed E-state index contributed by atoms with van der Waals surface area (Å²) in [5, 5.41) is 9.12. The van der Waals surface area contributed by atoms with Gasteiger partial charge in [-0.25, -0.2) is 0 Å². The summed E-state index contributed by atoms with van der Waals surface area (Å²) >= 11 is 0. The molecule has 5 rings (SSSR count). The standard InChI is InChI=1S/C20H29NO4/c1-13(12-21)9-14-5-6-17-19(23-14)10-15(22-17)18-16(11-19)24-20(25-18)7-3-2-4-8-20/h13-18H,2-11H2,1H3/t13?,14-,15-,16-,17+,18+,19?/m1/s1. The summed E-state index contributed by atoms with van der Waals surface area (Å²) in [5.74, 6) is -0.305. The van der Waals surface area contributed by atoms with Gasteiger partial charge in [-0.3, -0.25) is 0 Å². The van der Waals surface area contributed by atoms with E-state index < -0.39 is 0 Å². The van der Waals surface area contributed by atoms with E-state index >= 15 is 0 Å². The molecule has 3 heterocycles. The molecule has 0 radical (unpaired) electrons. The van der Waals surface area contributed by atoms with Crippen molar-refractivity contribution in [3.63, 3.8) is 0 Å². The molecule has 5 heteroatoms. The smallest absolute Gasteiger partial charge is 0.169 e. The van der Waals surface area contributed by atoms with Gasteiger partial charge in [-0.05, 0) is 39.0 Å². The Morgan fingerprint density at radius 2 is 1.84 bits per heavy atom. The predicted octanol–water partition coefficient (Wildman–Crippen LogP) is 3.46. The Morgan fingerprint density at radius 1 is 1.04 bits per heavy atom. The lowest BCUT2D eigenvalue weighted by Gasteiger charge is -2.44. The molecule has 2 unspecified atom stereocenters. The summed E-state index contributed by atoms with van der Waals surface area (Å²) in [6.07, 6.45) is 11.0. The fourth-order valence-electron chi connectivity index (χ4n) is 5.94. The molecule has 3 saturated heterocycles. The van der Waals surface area contributed by atoms with Gasteiger partial charge in [-0.2, -0.15) is 5.26 Å². The van der Waals surface area contributed by atoms with Crippen LogP contribution in [0.1, 0.15) is 71.1 Å². The molecule has 0 aromatic heterocycles. The number of fused-ring (bicyclic) bond motifs is 3. The number of nitriles is 1. The zero-order valence-electron chi connectivity index (χ0n) is 15.1. The topological polar surface area (TPSA) is 60.7 Å². The first-order valence-corrected chi connectivity index (χ1v) is 10.2. The van der Waals surface area contributed by atoms with Crippen molar-refractivity contribution in [3.8, 4) is 6.07 Å². The average molecular weight is 347 g/mol. The van der Waals surface area contributed by atoms with Crippen molar-refractivity contribution >= 4 is 0 Å². The molecule has 0 N–H and O–H groups in total. The monoisotopic (exact) mass is 347 g/mol. The zero-order chi connectivity index (χ0) is 17.1. The number of nitrogens with zero attached hydrogens (tertiary/aromatic N) is 1. The van der Waals surface area contributed by atoms with Crippen LogP contribution in [0, 0.1) is 17.2 Å². The van der Waals surface area contributed by atoms with Crippen molar-refractivity contribution in [2.75, 3.05) is 0 Å². The third-order valence-electron chi connectivity index (χ3n) is 7.07. The first-order chi connectivity index (χ1) is 12.1. The Hall–Kier alpha value is -0.670. The van der Waals surface area contributed by atoms with Gasteiger partial charge >= 0.3 is 0 Å². The van der Waals surface area contributed by atoms with E-state index in [0.717, 1.165) is 44.9 Å². The van der Waals surface area contributed by atoms with Gasteiger partial charge in [0, 0.05) is 31.6 Å². The van der Waals surface area contributed by atoms with E-state index in [1.54, 1.807) is 0 Å². The van der Waals surface area contributed by atoms with Crippen LogP contribution in [0.5, 0.6) is 0 Å². The largest absolute Gasteiger partial charge is 0.369 e. The molecular weight excluding hydrogens is 318 g/mol. The van der Waals surface area contributed by atoms with Gasteiger partial charge in [0.05, 0.1) is 36.1 Å². The Bertz CT molecular complexity index is 569. The van der Waals surface area contributed by atoms with Crippen LogP contribution < -0.4 is 0 Å². The van der Waals surface area contributed by atoms with Crippen LogP contribution in [0.25, 0.3) is 0 Å². The van der Waals surface area contributed by atoms with Crippen molar-refractivity contribution in [1.82, 2.24) is 0 Å². The highest BCUT2D eigenvalue weighted by atomic mass is 16.8. The molecule has 5 nitrogen and oxygen atoms in total. The van der Waals surface area contributed by atoms with Crippen molar-refractivity contribution in [3.05, 3.63) is 0 Å². The Labute approximate surface area is 149 Å². The summed E-state index contributed by atoms with van der Waals surface area (Å²) in [4.78, 5) is 0. The lowest BCUT2D eigenvalue weighted by molar-refractivity contribution is -0.216. The van der Waals surface area contributed by atoms with Crippen molar-refractivity contribution in [1.29, 1.82) is 5.26 Å². The number of ether oxygens (including phenoxy) is 4. The molecule has 3 aliphatic heterocycles. The normalized spacial score (nSPS) is 48.6. The molecule has 0 aromatic rings. The minimum Gasteiger partial charge on any atom is -0.369 e. The van der Waals surface area contributed by atoms with E-state index in [2.05, 4.69) is 6.07 Å². The van der Waals surface area contributed by atoms with E-state index in [0.29, 0.717) is 0 Å². The van der Waals surface area contributed by atoms with Gasteiger partial charge < -0.3 is 18.9 Å². The predicted molar refractivity (Wildman–Crippen MR) is 89.7 cm³/mol. The molecule has 5 aliphatic rings. The van der Waals surface area contributed by atoms with Crippen LogP contribution in [0.15, 0.2) is 0 Å². The van der Waals surface area contributed by atoms with Crippen molar-refractivity contribution in [2.45, 2.75) is 113 Å². The fourth-order valence-corrected chi connectivity index (χ4v) is 5.94. The number of hydrogen-bond acceptors (Lipinski definition) is 5. The number of rotatable bonds is 2. The maximum Gasteiger partial charge on any atom is 0.169 e. The third kappa shape index (κ3) is 2.65. The molecule has 5 fully saturated rings. The molecule has 2 bridgehead atoms. The van der Waals surface area contributed by atoms with E-state index in [1.807, 2.05) is 6.92 Å². The maximum atomic E-state index is 9.12. The zero-order valence-corrected chi connectivity index (χ0v) is 15.1. The Kier molecular flexibility index (Phi) is 3.91.